The first-order chi connectivity index (χ1) is 10.9. The fraction of sp³-hybridized carbons (Fsp3) is 0.647. The molecule has 6 heteroatoms. The SMILES string of the molecule is CC1(C)COC2(CCC(Oc3ccc(C(N)=O)cn3)CC2)OC1. The van der Waals surface area contributed by atoms with E-state index in [1.807, 2.05) is 0 Å². The highest BCUT2D eigenvalue weighted by Crippen LogP contribution is 2.39. The van der Waals surface area contributed by atoms with Crippen LogP contribution in [0.1, 0.15) is 49.9 Å². The number of aromatic nitrogens is 1. The van der Waals surface area contributed by atoms with E-state index in [1.165, 1.54) is 6.20 Å². The lowest BCUT2D eigenvalue weighted by molar-refractivity contribution is -0.313. The van der Waals surface area contributed by atoms with Crippen LogP contribution in [0.25, 0.3) is 0 Å². The summed E-state index contributed by atoms with van der Waals surface area (Å²) in [5, 5.41) is 0. The van der Waals surface area contributed by atoms with E-state index in [2.05, 4.69) is 18.8 Å². The molecule has 1 aliphatic heterocycles. The number of rotatable bonds is 3. The van der Waals surface area contributed by atoms with Crippen LogP contribution in [0, 0.1) is 5.41 Å². The first-order valence-electron chi connectivity index (χ1n) is 8.08. The van der Waals surface area contributed by atoms with Gasteiger partial charge in [-0.25, -0.2) is 4.98 Å². The molecule has 1 saturated heterocycles. The molecule has 1 aliphatic carbocycles. The topological polar surface area (TPSA) is 83.7 Å². The lowest BCUT2D eigenvalue weighted by Gasteiger charge is -2.46. The van der Waals surface area contributed by atoms with Crippen LogP contribution in [0.15, 0.2) is 18.3 Å². The molecular formula is C17H24N2O4. The van der Waals surface area contributed by atoms with E-state index in [4.69, 9.17) is 19.9 Å². The molecule has 1 amide bonds. The van der Waals surface area contributed by atoms with Gasteiger partial charge >= 0.3 is 0 Å². The number of ether oxygens (including phenoxy) is 3. The average molecular weight is 320 g/mol. The van der Waals surface area contributed by atoms with Gasteiger partial charge in [-0.05, 0) is 18.9 Å². The van der Waals surface area contributed by atoms with Gasteiger partial charge in [0.2, 0.25) is 11.8 Å². The Bertz CT molecular complexity index is 550. The molecule has 1 saturated carbocycles. The fourth-order valence-corrected chi connectivity index (χ4v) is 2.94. The van der Waals surface area contributed by atoms with Gasteiger partial charge in [0.1, 0.15) is 6.10 Å². The Morgan fingerprint density at radius 1 is 1.26 bits per heavy atom. The van der Waals surface area contributed by atoms with Crippen LogP contribution in [0.5, 0.6) is 5.88 Å². The monoisotopic (exact) mass is 320 g/mol. The van der Waals surface area contributed by atoms with Crippen LogP contribution in [-0.4, -0.2) is 36.0 Å². The van der Waals surface area contributed by atoms with Crippen molar-refractivity contribution in [1.82, 2.24) is 4.98 Å². The van der Waals surface area contributed by atoms with Crippen molar-refractivity contribution in [2.75, 3.05) is 13.2 Å². The van der Waals surface area contributed by atoms with Gasteiger partial charge in [0.15, 0.2) is 5.79 Å². The van der Waals surface area contributed by atoms with Crippen LogP contribution >= 0.6 is 0 Å². The van der Waals surface area contributed by atoms with Crippen LogP contribution in [0.2, 0.25) is 0 Å². The van der Waals surface area contributed by atoms with E-state index in [1.54, 1.807) is 12.1 Å². The Labute approximate surface area is 136 Å². The predicted molar refractivity (Wildman–Crippen MR) is 84.1 cm³/mol. The predicted octanol–water partition coefficient (Wildman–Crippen LogP) is 2.27. The number of pyridine rings is 1. The summed E-state index contributed by atoms with van der Waals surface area (Å²) in [6.07, 6.45) is 4.91. The third kappa shape index (κ3) is 3.82. The number of amides is 1. The summed E-state index contributed by atoms with van der Waals surface area (Å²) in [5.41, 5.74) is 5.67. The first-order valence-corrected chi connectivity index (χ1v) is 8.08. The van der Waals surface area contributed by atoms with Crippen LogP contribution in [-0.2, 0) is 9.47 Å². The highest BCUT2D eigenvalue weighted by Gasteiger charge is 2.43. The van der Waals surface area contributed by atoms with Crippen molar-refractivity contribution in [3.8, 4) is 5.88 Å². The maximum Gasteiger partial charge on any atom is 0.250 e. The van der Waals surface area contributed by atoms with E-state index < -0.39 is 11.7 Å². The summed E-state index contributed by atoms with van der Waals surface area (Å²) in [5.74, 6) is -0.403. The summed E-state index contributed by atoms with van der Waals surface area (Å²) < 4.78 is 17.9. The van der Waals surface area contributed by atoms with Crippen molar-refractivity contribution < 1.29 is 19.0 Å². The molecule has 6 nitrogen and oxygen atoms in total. The van der Waals surface area contributed by atoms with Gasteiger partial charge in [-0.1, -0.05) is 13.8 Å². The number of hydrogen-bond donors (Lipinski definition) is 1. The second kappa shape index (κ2) is 6.09. The van der Waals surface area contributed by atoms with E-state index in [0.29, 0.717) is 11.4 Å². The minimum atomic E-state index is -0.488. The molecular weight excluding hydrogens is 296 g/mol. The third-order valence-electron chi connectivity index (χ3n) is 4.45. The average Bonchev–Trinajstić information content (AvgIpc) is 2.53. The molecule has 0 radical (unpaired) electrons. The zero-order chi connectivity index (χ0) is 16.5. The zero-order valence-corrected chi connectivity index (χ0v) is 13.7. The Balaban J connectivity index is 1.52. The number of hydrogen-bond acceptors (Lipinski definition) is 5. The summed E-state index contributed by atoms with van der Waals surface area (Å²) >= 11 is 0. The number of primary amides is 1. The lowest BCUT2D eigenvalue weighted by Crippen LogP contribution is -2.50. The largest absolute Gasteiger partial charge is 0.474 e. The molecule has 23 heavy (non-hydrogen) atoms. The van der Waals surface area contributed by atoms with Crippen molar-refractivity contribution in [3.05, 3.63) is 23.9 Å². The Kier molecular flexibility index (Phi) is 4.29. The second-order valence-electron chi connectivity index (χ2n) is 7.22. The highest BCUT2D eigenvalue weighted by molar-refractivity contribution is 5.92. The van der Waals surface area contributed by atoms with Crippen molar-refractivity contribution >= 4 is 5.91 Å². The Morgan fingerprint density at radius 3 is 2.43 bits per heavy atom. The standard InChI is InChI=1S/C17H24N2O4/c1-16(2)10-21-17(22-11-16)7-5-13(6-8-17)23-14-4-3-12(9-19-14)15(18)20/h3-4,9,13H,5-8,10-11H2,1-2H3,(H2,18,20). The fourth-order valence-electron chi connectivity index (χ4n) is 2.94. The van der Waals surface area contributed by atoms with Crippen LogP contribution in [0.3, 0.4) is 0 Å². The number of carbonyl (C=O) groups excluding carboxylic acids is 1. The van der Waals surface area contributed by atoms with Gasteiger partial charge in [-0.15, -0.1) is 0 Å². The van der Waals surface area contributed by atoms with E-state index in [-0.39, 0.29) is 11.5 Å². The molecule has 2 heterocycles. The summed E-state index contributed by atoms with van der Waals surface area (Å²) in [6, 6.07) is 3.31. The van der Waals surface area contributed by atoms with Gasteiger partial charge in [-0.3, -0.25) is 4.79 Å². The molecule has 126 valence electrons. The maximum absolute atomic E-state index is 11.0. The maximum atomic E-state index is 11.0. The molecule has 0 atom stereocenters. The van der Waals surface area contributed by atoms with Crippen LogP contribution < -0.4 is 10.5 Å². The summed E-state index contributed by atoms with van der Waals surface area (Å²) in [4.78, 5) is 15.2. The highest BCUT2D eigenvalue weighted by atomic mass is 16.7. The molecule has 0 bridgehead atoms. The minimum absolute atomic E-state index is 0.0880. The number of nitrogens with two attached hydrogens (primary N) is 1. The van der Waals surface area contributed by atoms with Crippen molar-refractivity contribution in [1.29, 1.82) is 0 Å². The minimum Gasteiger partial charge on any atom is -0.474 e. The summed E-state index contributed by atoms with van der Waals surface area (Å²) in [7, 11) is 0. The molecule has 1 aromatic rings. The molecule has 1 spiro atoms. The molecule has 0 aromatic carbocycles. The number of carbonyl (C=O) groups is 1. The zero-order valence-electron chi connectivity index (χ0n) is 13.7. The van der Waals surface area contributed by atoms with E-state index in [0.717, 1.165) is 38.9 Å². The Morgan fingerprint density at radius 2 is 1.91 bits per heavy atom. The molecule has 3 rings (SSSR count). The Hall–Kier alpha value is -1.66. The van der Waals surface area contributed by atoms with Gasteiger partial charge in [0.05, 0.1) is 18.8 Å². The second-order valence-corrected chi connectivity index (χ2v) is 7.22. The van der Waals surface area contributed by atoms with Gasteiger partial charge in [-0.2, -0.15) is 0 Å². The molecule has 0 unspecified atom stereocenters. The molecule has 2 aliphatic rings. The van der Waals surface area contributed by atoms with Gasteiger partial charge < -0.3 is 19.9 Å². The van der Waals surface area contributed by atoms with Crippen LogP contribution in [0.4, 0.5) is 0 Å². The van der Waals surface area contributed by atoms with Gasteiger partial charge in [0.25, 0.3) is 0 Å². The molecule has 2 fully saturated rings. The first kappa shape index (κ1) is 16.2. The number of nitrogens with zero attached hydrogens (tertiary/aromatic N) is 1. The normalized spacial score (nSPS) is 23.6. The van der Waals surface area contributed by atoms with E-state index >= 15 is 0 Å². The van der Waals surface area contributed by atoms with E-state index in [9.17, 15) is 4.79 Å². The smallest absolute Gasteiger partial charge is 0.250 e. The molecule has 1 aromatic heterocycles. The lowest BCUT2D eigenvalue weighted by atomic mass is 9.88. The summed E-state index contributed by atoms with van der Waals surface area (Å²) in [6.45, 7) is 5.76. The van der Waals surface area contributed by atoms with Crippen molar-refractivity contribution in [2.45, 2.75) is 51.4 Å². The van der Waals surface area contributed by atoms with Crippen molar-refractivity contribution in [2.24, 2.45) is 11.1 Å². The third-order valence-corrected chi connectivity index (χ3v) is 4.45. The quantitative estimate of drug-likeness (QED) is 0.923. The van der Waals surface area contributed by atoms with Gasteiger partial charge in [0, 0.05) is 30.5 Å². The molecule has 2 N–H and O–H groups in total. The van der Waals surface area contributed by atoms with Crippen molar-refractivity contribution in [3.63, 3.8) is 0 Å².